The summed E-state index contributed by atoms with van der Waals surface area (Å²) >= 11 is 0. The van der Waals surface area contributed by atoms with Crippen LogP contribution in [0.5, 0.6) is 0 Å². The first-order valence-electron chi connectivity index (χ1n) is 8.43. The second-order valence-corrected chi connectivity index (χ2v) is 6.59. The van der Waals surface area contributed by atoms with E-state index in [4.69, 9.17) is 0 Å². The van der Waals surface area contributed by atoms with Crippen LogP contribution in [0, 0.1) is 12.8 Å². The van der Waals surface area contributed by atoms with E-state index in [0.29, 0.717) is 0 Å². The van der Waals surface area contributed by atoms with E-state index in [-0.39, 0.29) is 17.9 Å². The number of nitrogens with zero attached hydrogens (tertiary/aromatic N) is 4. The molecule has 0 radical (unpaired) electrons. The monoisotopic (exact) mass is 318 g/mol. The van der Waals surface area contributed by atoms with Crippen LogP contribution in [-0.4, -0.2) is 59.5 Å². The summed E-state index contributed by atoms with van der Waals surface area (Å²) in [5, 5.41) is 6.31. The minimum absolute atomic E-state index is 0.00611. The highest BCUT2D eigenvalue weighted by Crippen LogP contribution is 2.35. The molecule has 0 bridgehead atoms. The highest BCUT2D eigenvalue weighted by atomic mass is 16.2. The van der Waals surface area contributed by atoms with Crippen molar-refractivity contribution in [2.75, 3.05) is 48.3 Å². The molecule has 1 aromatic rings. The SMILES string of the molecule is CCN1CCN(c2nc(C)nc3c2NC(=O)C(C(C)C)N3)CC1. The molecule has 2 N–H and O–H groups in total. The van der Waals surface area contributed by atoms with Crippen LogP contribution in [0.15, 0.2) is 0 Å². The Kier molecular flexibility index (Phi) is 4.39. The number of nitrogens with one attached hydrogen (secondary N) is 2. The van der Waals surface area contributed by atoms with Crippen LogP contribution < -0.4 is 15.5 Å². The number of hydrogen-bond acceptors (Lipinski definition) is 6. The van der Waals surface area contributed by atoms with E-state index in [1.807, 2.05) is 20.8 Å². The molecule has 0 aliphatic carbocycles. The first-order valence-corrected chi connectivity index (χ1v) is 8.43. The van der Waals surface area contributed by atoms with Crippen molar-refractivity contribution in [1.82, 2.24) is 14.9 Å². The van der Waals surface area contributed by atoms with E-state index in [0.717, 1.165) is 55.9 Å². The van der Waals surface area contributed by atoms with Crippen LogP contribution in [-0.2, 0) is 4.79 Å². The van der Waals surface area contributed by atoms with E-state index in [1.54, 1.807) is 0 Å². The van der Waals surface area contributed by atoms with Gasteiger partial charge in [0.1, 0.15) is 17.6 Å². The van der Waals surface area contributed by atoms with E-state index in [1.165, 1.54) is 0 Å². The Morgan fingerprint density at radius 3 is 2.52 bits per heavy atom. The van der Waals surface area contributed by atoms with Gasteiger partial charge in [-0.1, -0.05) is 20.8 Å². The number of amides is 1. The Labute approximate surface area is 137 Å². The Hall–Kier alpha value is -1.89. The van der Waals surface area contributed by atoms with E-state index < -0.39 is 0 Å². The maximum atomic E-state index is 12.4. The van der Waals surface area contributed by atoms with Gasteiger partial charge in [-0.25, -0.2) is 9.97 Å². The summed E-state index contributed by atoms with van der Waals surface area (Å²) in [4.78, 5) is 26.1. The van der Waals surface area contributed by atoms with Crippen molar-refractivity contribution in [2.45, 2.75) is 33.7 Å². The van der Waals surface area contributed by atoms with Gasteiger partial charge < -0.3 is 20.4 Å². The number of aryl methyl sites for hydroxylation is 1. The molecule has 126 valence electrons. The molecule has 7 heteroatoms. The molecule has 1 fully saturated rings. The maximum Gasteiger partial charge on any atom is 0.247 e. The number of hydrogen-bond donors (Lipinski definition) is 2. The van der Waals surface area contributed by atoms with Gasteiger partial charge in [0.2, 0.25) is 5.91 Å². The standard InChI is InChI=1S/C16H26N6O/c1-5-21-6-8-22(9-7-21)15-13-14(17-11(4)18-15)19-12(10(2)3)16(23)20-13/h10,12H,5-9H2,1-4H3,(H,20,23)(H,17,18,19). The minimum Gasteiger partial charge on any atom is -0.356 e. The van der Waals surface area contributed by atoms with E-state index in [9.17, 15) is 4.79 Å². The fourth-order valence-corrected chi connectivity index (χ4v) is 3.17. The molecule has 3 heterocycles. The van der Waals surface area contributed by atoms with E-state index in [2.05, 4.69) is 37.3 Å². The summed E-state index contributed by atoms with van der Waals surface area (Å²) in [5.74, 6) is 2.50. The molecule has 0 spiro atoms. The molecule has 1 atom stereocenters. The third kappa shape index (κ3) is 3.10. The van der Waals surface area contributed by atoms with Gasteiger partial charge in [0.25, 0.3) is 0 Å². The number of aromatic nitrogens is 2. The molecule has 1 unspecified atom stereocenters. The van der Waals surface area contributed by atoms with Crippen molar-refractivity contribution >= 4 is 23.2 Å². The lowest BCUT2D eigenvalue weighted by Crippen LogP contribution is -2.48. The molecular formula is C16H26N6O. The topological polar surface area (TPSA) is 73.4 Å². The molecular weight excluding hydrogens is 292 g/mol. The highest BCUT2D eigenvalue weighted by molar-refractivity contribution is 6.05. The van der Waals surface area contributed by atoms with Crippen molar-refractivity contribution in [3.63, 3.8) is 0 Å². The fraction of sp³-hybridized carbons (Fsp3) is 0.688. The quantitative estimate of drug-likeness (QED) is 0.875. The average molecular weight is 318 g/mol. The van der Waals surface area contributed by atoms with Gasteiger partial charge >= 0.3 is 0 Å². The maximum absolute atomic E-state index is 12.4. The number of piperazine rings is 1. The summed E-state index contributed by atoms with van der Waals surface area (Å²) in [6.45, 7) is 13.1. The molecule has 1 amide bonds. The predicted octanol–water partition coefficient (Wildman–Crippen LogP) is 1.32. The van der Waals surface area contributed by atoms with Crippen LogP contribution in [0.2, 0.25) is 0 Å². The summed E-state index contributed by atoms with van der Waals surface area (Å²) < 4.78 is 0. The van der Waals surface area contributed by atoms with Crippen LogP contribution >= 0.6 is 0 Å². The van der Waals surface area contributed by atoms with Crippen LogP contribution in [0.4, 0.5) is 17.3 Å². The zero-order chi connectivity index (χ0) is 16.6. The number of anilines is 3. The highest BCUT2D eigenvalue weighted by Gasteiger charge is 2.32. The molecule has 2 aliphatic rings. The first-order chi connectivity index (χ1) is 11.0. The number of likely N-dealkylation sites (N-methyl/N-ethyl adjacent to an activating group) is 1. The van der Waals surface area contributed by atoms with Crippen LogP contribution in [0.25, 0.3) is 0 Å². The van der Waals surface area contributed by atoms with Gasteiger partial charge in [-0.2, -0.15) is 0 Å². The fourth-order valence-electron chi connectivity index (χ4n) is 3.17. The lowest BCUT2D eigenvalue weighted by Gasteiger charge is -2.37. The Morgan fingerprint density at radius 1 is 1.22 bits per heavy atom. The van der Waals surface area contributed by atoms with Crippen molar-refractivity contribution < 1.29 is 4.79 Å². The van der Waals surface area contributed by atoms with Gasteiger partial charge in [0.05, 0.1) is 0 Å². The molecule has 0 saturated carbocycles. The Morgan fingerprint density at radius 2 is 1.91 bits per heavy atom. The Balaban J connectivity index is 1.90. The number of fused-ring (bicyclic) bond motifs is 1. The van der Waals surface area contributed by atoms with Gasteiger partial charge in [-0.3, -0.25) is 4.79 Å². The summed E-state index contributed by atoms with van der Waals surface area (Å²) in [6, 6.07) is -0.249. The van der Waals surface area contributed by atoms with Crippen LogP contribution in [0.1, 0.15) is 26.6 Å². The summed E-state index contributed by atoms with van der Waals surface area (Å²) in [7, 11) is 0. The number of carbonyl (C=O) groups excluding carboxylic acids is 1. The summed E-state index contributed by atoms with van der Waals surface area (Å²) in [5.41, 5.74) is 0.724. The molecule has 2 aliphatic heterocycles. The van der Waals surface area contributed by atoms with Gasteiger partial charge in [-0.05, 0) is 19.4 Å². The lowest BCUT2D eigenvalue weighted by molar-refractivity contribution is -0.117. The molecule has 3 rings (SSSR count). The second-order valence-electron chi connectivity index (χ2n) is 6.59. The van der Waals surface area contributed by atoms with Gasteiger partial charge in [0.15, 0.2) is 11.6 Å². The zero-order valence-corrected chi connectivity index (χ0v) is 14.4. The first kappa shape index (κ1) is 16.0. The van der Waals surface area contributed by atoms with Gasteiger partial charge in [-0.15, -0.1) is 0 Å². The molecule has 23 heavy (non-hydrogen) atoms. The average Bonchev–Trinajstić information content (AvgIpc) is 2.54. The number of rotatable bonds is 3. The van der Waals surface area contributed by atoms with Crippen molar-refractivity contribution in [2.24, 2.45) is 5.92 Å². The lowest BCUT2D eigenvalue weighted by atomic mass is 10.0. The normalized spacial score (nSPS) is 21.9. The molecule has 1 saturated heterocycles. The zero-order valence-electron chi connectivity index (χ0n) is 14.4. The van der Waals surface area contributed by atoms with Crippen LogP contribution in [0.3, 0.4) is 0 Å². The van der Waals surface area contributed by atoms with Crippen molar-refractivity contribution in [3.8, 4) is 0 Å². The van der Waals surface area contributed by atoms with Crippen molar-refractivity contribution in [3.05, 3.63) is 5.82 Å². The van der Waals surface area contributed by atoms with Crippen molar-refractivity contribution in [1.29, 1.82) is 0 Å². The molecule has 1 aromatic heterocycles. The second kappa shape index (κ2) is 6.31. The Bertz CT molecular complexity index is 594. The molecule has 7 nitrogen and oxygen atoms in total. The summed E-state index contributed by atoms with van der Waals surface area (Å²) in [6.07, 6.45) is 0. The van der Waals surface area contributed by atoms with Gasteiger partial charge in [0, 0.05) is 26.2 Å². The van der Waals surface area contributed by atoms with E-state index >= 15 is 0 Å². The minimum atomic E-state index is -0.249. The third-order valence-corrected chi connectivity index (χ3v) is 4.61. The smallest absolute Gasteiger partial charge is 0.247 e. The molecule has 0 aromatic carbocycles. The predicted molar refractivity (Wildman–Crippen MR) is 92.0 cm³/mol. The largest absolute Gasteiger partial charge is 0.356 e. The third-order valence-electron chi connectivity index (χ3n) is 4.61. The number of carbonyl (C=O) groups is 1.